The van der Waals surface area contributed by atoms with Gasteiger partial charge >= 0.3 is 0 Å². The maximum absolute atomic E-state index is 6.06. The van der Waals surface area contributed by atoms with E-state index < -0.39 is 0 Å². The van der Waals surface area contributed by atoms with Crippen molar-refractivity contribution in [3.05, 3.63) is 28.8 Å². The van der Waals surface area contributed by atoms with Crippen LogP contribution < -0.4 is 5.32 Å². The van der Waals surface area contributed by atoms with Crippen LogP contribution in [0.1, 0.15) is 19.4 Å². The molecule has 1 N–H and O–H groups in total. The number of benzene rings is 1. The van der Waals surface area contributed by atoms with E-state index in [0.717, 1.165) is 27.2 Å². The first-order chi connectivity index (χ1) is 9.06. The molecule has 0 saturated heterocycles. The summed E-state index contributed by atoms with van der Waals surface area (Å²) in [5, 5.41) is 16.3. The molecule has 0 unspecified atom stereocenters. The Morgan fingerprint density at radius 1 is 1.42 bits per heavy atom. The van der Waals surface area contributed by atoms with E-state index in [4.69, 9.17) is 11.6 Å². The summed E-state index contributed by atoms with van der Waals surface area (Å²) in [6, 6.07) is 6.28. The summed E-state index contributed by atoms with van der Waals surface area (Å²) in [6.07, 6.45) is 0. The number of hydrogen-bond donors (Lipinski definition) is 1. The fourth-order valence-electron chi connectivity index (χ4n) is 1.51. The molecule has 0 fully saturated rings. The van der Waals surface area contributed by atoms with Gasteiger partial charge < -0.3 is 5.32 Å². The van der Waals surface area contributed by atoms with Crippen molar-refractivity contribution in [2.75, 3.05) is 0 Å². The predicted octanol–water partition coefficient (Wildman–Crippen LogP) is 2.51. The molecule has 19 heavy (non-hydrogen) atoms. The van der Waals surface area contributed by atoms with Crippen LogP contribution in [0.25, 0.3) is 0 Å². The molecule has 0 aliphatic heterocycles. The molecule has 1 aromatic carbocycles. The number of aromatic nitrogens is 4. The number of halogens is 1. The van der Waals surface area contributed by atoms with Gasteiger partial charge in [-0.15, -0.1) is 5.10 Å². The zero-order valence-electron chi connectivity index (χ0n) is 11.1. The van der Waals surface area contributed by atoms with Crippen LogP contribution in [0, 0.1) is 0 Å². The Balaban J connectivity index is 2.21. The first kappa shape index (κ1) is 14.3. The van der Waals surface area contributed by atoms with E-state index in [2.05, 4.69) is 34.7 Å². The maximum Gasteiger partial charge on any atom is 0.213 e. The second-order valence-corrected chi connectivity index (χ2v) is 5.92. The Morgan fingerprint density at radius 2 is 2.21 bits per heavy atom. The Bertz CT molecular complexity index is 555. The molecule has 0 amide bonds. The summed E-state index contributed by atoms with van der Waals surface area (Å²) >= 11 is 7.60. The van der Waals surface area contributed by atoms with Crippen LogP contribution >= 0.6 is 23.4 Å². The lowest BCUT2D eigenvalue weighted by molar-refractivity contribution is 0.584. The number of hydrogen-bond acceptors (Lipinski definition) is 5. The third-order valence-electron chi connectivity index (χ3n) is 2.51. The maximum atomic E-state index is 6.06. The van der Waals surface area contributed by atoms with Gasteiger partial charge in [0.05, 0.1) is 0 Å². The van der Waals surface area contributed by atoms with Crippen molar-refractivity contribution >= 4 is 23.4 Å². The highest BCUT2D eigenvalue weighted by Gasteiger charge is 2.10. The van der Waals surface area contributed by atoms with Gasteiger partial charge in [0.2, 0.25) is 5.16 Å². The SMILES string of the molecule is CC(C)NCc1cc(Cl)ccc1Sc1nnnn1C. The zero-order valence-corrected chi connectivity index (χ0v) is 12.7. The quantitative estimate of drug-likeness (QED) is 0.919. The predicted molar refractivity (Wildman–Crippen MR) is 76.3 cm³/mol. The van der Waals surface area contributed by atoms with Gasteiger partial charge in [-0.3, -0.25) is 0 Å². The first-order valence-corrected chi connectivity index (χ1v) is 7.17. The highest BCUT2D eigenvalue weighted by Crippen LogP contribution is 2.30. The molecule has 0 radical (unpaired) electrons. The lowest BCUT2D eigenvalue weighted by Crippen LogP contribution is -2.22. The molecule has 5 nitrogen and oxygen atoms in total. The minimum absolute atomic E-state index is 0.424. The van der Waals surface area contributed by atoms with Gasteiger partial charge in [-0.1, -0.05) is 25.4 Å². The molecule has 2 rings (SSSR count). The molecule has 7 heteroatoms. The Hall–Kier alpha value is -1.11. The van der Waals surface area contributed by atoms with E-state index >= 15 is 0 Å². The first-order valence-electron chi connectivity index (χ1n) is 5.98. The molecule has 1 heterocycles. The zero-order chi connectivity index (χ0) is 13.8. The van der Waals surface area contributed by atoms with Crippen molar-refractivity contribution in [1.29, 1.82) is 0 Å². The van der Waals surface area contributed by atoms with E-state index in [1.807, 2.05) is 25.2 Å². The van der Waals surface area contributed by atoms with E-state index in [0.29, 0.717) is 6.04 Å². The van der Waals surface area contributed by atoms with Gasteiger partial charge in [-0.05, 0) is 46.0 Å². The van der Waals surface area contributed by atoms with Gasteiger partial charge in [0.25, 0.3) is 0 Å². The molecule has 0 aliphatic carbocycles. The molecule has 2 aromatic rings. The molecule has 0 aliphatic rings. The fourth-order valence-corrected chi connectivity index (χ4v) is 2.54. The van der Waals surface area contributed by atoms with Crippen molar-refractivity contribution in [1.82, 2.24) is 25.5 Å². The number of rotatable bonds is 5. The van der Waals surface area contributed by atoms with E-state index in [1.165, 1.54) is 11.8 Å². The number of nitrogens with one attached hydrogen (secondary N) is 1. The Labute approximate surface area is 121 Å². The van der Waals surface area contributed by atoms with Crippen molar-refractivity contribution in [3.8, 4) is 0 Å². The summed E-state index contributed by atoms with van der Waals surface area (Å²) in [4.78, 5) is 1.11. The lowest BCUT2D eigenvalue weighted by atomic mass is 10.2. The topological polar surface area (TPSA) is 55.6 Å². The third kappa shape index (κ3) is 3.92. The van der Waals surface area contributed by atoms with Crippen LogP contribution in [0.3, 0.4) is 0 Å². The second-order valence-electron chi connectivity index (χ2n) is 4.47. The highest BCUT2D eigenvalue weighted by molar-refractivity contribution is 7.99. The minimum atomic E-state index is 0.424. The van der Waals surface area contributed by atoms with E-state index in [-0.39, 0.29) is 0 Å². The molecule has 102 valence electrons. The molecule has 0 saturated carbocycles. The van der Waals surface area contributed by atoms with Crippen LogP contribution in [0.4, 0.5) is 0 Å². The summed E-state index contributed by atoms with van der Waals surface area (Å²) in [7, 11) is 1.82. The van der Waals surface area contributed by atoms with Gasteiger partial charge in [0.1, 0.15) is 0 Å². The van der Waals surface area contributed by atoms with E-state index in [9.17, 15) is 0 Å². The molecule has 1 aromatic heterocycles. The van der Waals surface area contributed by atoms with Crippen LogP contribution in [0.2, 0.25) is 5.02 Å². The monoisotopic (exact) mass is 297 g/mol. The third-order valence-corrected chi connectivity index (χ3v) is 3.89. The van der Waals surface area contributed by atoms with E-state index in [1.54, 1.807) is 4.68 Å². The van der Waals surface area contributed by atoms with Crippen LogP contribution in [0.5, 0.6) is 0 Å². The largest absolute Gasteiger partial charge is 0.310 e. The fraction of sp³-hybridized carbons (Fsp3) is 0.417. The van der Waals surface area contributed by atoms with Gasteiger partial charge in [-0.2, -0.15) is 0 Å². The average Bonchev–Trinajstić information content (AvgIpc) is 2.75. The second kappa shape index (κ2) is 6.36. The Morgan fingerprint density at radius 3 is 2.84 bits per heavy atom. The van der Waals surface area contributed by atoms with Crippen LogP contribution in [0.15, 0.2) is 28.3 Å². The smallest absolute Gasteiger partial charge is 0.213 e. The minimum Gasteiger partial charge on any atom is -0.310 e. The van der Waals surface area contributed by atoms with Crippen molar-refractivity contribution in [2.45, 2.75) is 36.5 Å². The van der Waals surface area contributed by atoms with Gasteiger partial charge in [-0.25, -0.2) is 4.68 Å². The molecule has 0 spiro atoms. The average molecular weight is 298 g/mol. The number of aryl methyl sites for hydroxylation is 1. The Kier molecular flexibility index (Phi) is 4.79. The standard InChI is InChI=1S/C12H16ClN5S/c1-8(2)14-7-9-6-10(13)4-5-11(9)19-12-15-16-17-18(12)3/h4-6,8,14H,7H2,1-3H3. The summed E-state index contributed by atoms with van der Waals surface area (Å²) in [6.45, 7) is 5.00. The highest BCUT2D eigenvalue weighted by atomic mass is 35.5. The van der Waals surface area contributed by atoms with Crippen molar-refractivity contribution < 1.29 is 0 Å². The number of tetrazole rings is 1. The number of nitrogens with zero attached hydrogens (tertiary/aromatic N) is 4. The molecule has 0 bridgehead atoms. The normalized spacial score (nSPS) is 11.2. The van der Waals surface area contributed by atoms with Crippen LogP contribution in [-0.2, 0) is 13.6 Å². The van der Waals surface area contributed by atoms with Crippen molar-refractivity contribution in [3.63, 3.8) is 0 Å². The van der Waals surface area contributed by atoms with Gasteiger partial charge in [0, 0.05) is 29.6 Å². The summed E-state index contributed by atoms with van der Waals surface area (Å²) < 4.78 is 1.65. The molecule has 0 atom stereocenters. The van der Waals surface area contributed by atoms with Crippen LogP contribution in [-0.4, -0.2) is 26.2 Å². The summed E-state index contributed by atoms with van der Waals surface area (Å²) in [5.41, 5.74) is 1.15. The molecular weight excluding hydrogens is 282 g/mol. The van der Waals surface area contributed by atoms with Crippen molar-refractivity contribution in [2.24, 2.45) is 7.05 Å². The summed E-state index contributed by atoms with van der Waals surface area (Å²) in [5.74, 6) is 0. The molecular formula is C12H16ClN5S. The lowest BCUT2D eigenvalue weighted by Gasteiger charge is -2.12. The van der Waals surface area contributed by atoms with Gasteiger partial charge in [0.15, 0.2) is 0 Å².